The first kappa shape index (κ1) is 16.7. The summed E-state index contributed by atoms with van der Waals surface area (Å²) < 4.78 is 0. The van der Waals surface area contributed by atoms with Gasteiger partial charge in [-0.15, -0.1) is 0 Å². The summed E-state index contributed by atoms with van der Waals surface area (Å²) in [5.74, 6) is 0.941. The van der Waals surface area contributed by atoms with Crippen LogP contribution in [0.2, 0.25) is 5.02 Å². The van der Waals surface area contributed by atoms with Gasteiger partial charge in [0.05, 0.1) is 12.0 Å². The lowest BCUT2D eigenvalue weighted by Crippen LogP contribution is -2.44. The summed E-state index contributed by atoms with van der Waals surface area (Å²) >= 11 is 5.98. The number of halogens is 1. The van der Waals surface area contributed by atoms with E-state index in [2.05, 4.69) is 10.2 Å². The minimum Gasteiger partial charge on any atom is -0.387 e. The molecule has 2 unspecified atom stereocenters. The summed E-state index contributed by atoms with van der Waals surface area (Å²) in [6.45, 7) is 3.05. The number of β-amino-alcohol motifs (C(OH)–C–C–N with tert-alkyl or cyclic N) is 1. The van der Waals surface area contributed by atoms with E-state index in [9.17, 15) is 9.90 Å². The molecule has 1 heterocycles. The molecule has 2 N–H and O–H groups in total. The van der Waals surface area contributed by atoms with E-state index in [0.717, 1.165) is 38.0 Å². The van der Waals surface area contributed by atoms with Crippen molar-refractivity contribution in [3.63, 3.8) is 0 Å². The van der Waals surface area contributed by atoms with Crippen molar-refractivity contribution in [3.05, 3.63) is 34.9 Å². The fourth-order valence-corrected chi connectivity index (χ4v) is 3.41. The SMILES string of the molecule is O=C(NCC1CC1)C1CCCN(CC(O)c2cccc(Cl)c2)C1. The molecule has 4 nitrogen and oxygen atoms in total. The van der Waals surface area contributed by atoms with Crippen molar-refractivity contribution in [2.45, 2.75) is 31.8 Å². The van der Waals surface area contributed by atoms with E-state index in [1.165, 1.54) is 12.8 Å². The molecular formula is C18H25ClN2O2. The zero-order chi connectivity index (χ0) is 16.2. The maximum Gasteiger partial charge on any atom is 0.224 e. The highest BCUT2D eigenvalue weighted by Crippen LogP contribution is 2.28. The molecule has 1 aromatic rings. The first-order valence-corrected chi connectivity index (χ1v) is 8.93. The molecule has 2 fully saturated rings. The van der Waals surface area contributed by atoms with Crippen molar-refractivity contribution < 1.29 is 9.90 Å². The second-order valence-corrected chi connectivity index (χ2v) is 7.29. The van der Waals surface area contributed by atoms with Gasteiger partial charge in [0.1, 0.15) is 0 Å². The van der Waals surface area contributed by atoms with Crippen LogP contribution < -0.4 is 5.32 Å². The largest absolute Gasteiger partial charge is 0.387 e. The number of amides is 1. The Morgan fingerprint density at radius 3 is 2.96 bits per heavy atom. The molecule has 1 amide bonds. The summed E-state index contributed by atoms with van der Waals surface area (Å²) in [5.41, 5.74) is 0.831. The number of rotatable bonds is 6. The van der Waals surface area contributed by atoms with Crippen LogP contribution in [0.25, 0.3) is 0 Å². The van der Waals surface area contributed by atoms with E-state index in [4.69, 9.17) is 11.6 Å². The third-order valence-corrected chi connectivity index (χ3v) is 5.04. The first-order chi connectivity index (χ1) is 11.1. The molecule has 1 aromatic carbocycles. The average molecular weight is 337 g/mol. The third-order valence-electron chi connectivity index (χ3n) is 4.80. The summed E-state index contributed by atoms with van der Waals surface area (Å²) in [4.78, 5) is 14.4. The number of carbonyl (C=O) groups is 1. The van der Waals surface area contributed by atoms with Gasteiger partial charge in [-0.25, -0.2) is 0 Å². The van der Waals surface area contributed by atoms with E-state index in [-0.39, 0.29) is 11.8 Å². The van der Waals surface area contributed by atoms with Crippen molar-refractivity contribution in [3.8, 4) is 0 Å². The Hall–Kier alpha value is -1.10. The maximum atomic E-state index is 12.3. The normalized spacial score (nSPS) is 23.5. The van der Waals surface area contributed by atoms with Gasteiger partial charge in [0, 0.05) is 24.7 Å². The van der Waals surface area contributed by atoms with Crippen LogP contribution in [0.15, 0.2) is 24.3 Å². The van der Waals surface area contributed by atoms with Crippen LogP contribution in [0.3, 0.4) is 0 Å². The van der Waals surface area contributed by atoms with Crippen molar-refractivity contribution in [2.24, 2.45) is 11.8 Å². The second kappa shape index (κ2) is 7.65. The Kier molecular flexibility index (Phi) is 5.57. The lowest BCUT2D eigenvalue weighted by molar-refractivity contribution is -0.127. The number of hydrogen-bond acceptors (Lipinski definition) is 3. The predicted molar refractivity (Wildman–Crippen MR) is 91.3 cm³/mol. The smallest absolute Gasteiger partial charge is 0.224 e. The lowest BCUT2D eigenvalue weighted by atomic mass is 9.96. The average Bonchev–Trinajstić information content (AvgIpc) is 3.37. The van der Waals surface area contributed by atoms with Crippen LogP contribution in [-0.2, 0) is 4.79 Å². The van der Waals surface area contributed by atoms with Gasteiger partial charge in [-0.2, -0.15) is 0 Å². The summed E-state index contributed by atoms with van der Waals surface area (Å²) in [6, 6.07) is 7.35. The number of hydrogen-bond donors (Lipinski definition) is 2. The lowest BCUT2D eigenvalue weighted by Gasteiger charge is -2.33. The predicted octanol–water partition coefficient (Wildman–Crippen LogP) is 2.61. The third kappa shape index (κ3) is 4.93. The molecule has 0 radical (unpaired) electrons. The van der Waals surface area contributed by atoms with Crippen molar-refractivity contribution >= 4 is 17.5 Å². The fourth-order valence-electron chi connectivity index (χ4n) is 3.21. The van der Waals surface area contributed by atoms with Crippen LogP contribution in [0.1, 0.15) is 37.4 Å². The molecule has 2 atom stereocenters. The van der Waals surface area contributed by atoms with Gasteiger partial charge in [0.25, 0.3) is 0 Å². The standard InChI is InChI=1S/C18H25ClN2O2/c19-16-5-1-3-14(9-16)17(22)12-21-8-2-4-15(11-21)18(23)20-10-13-6-7-13/h1,3,5,9,13,15,17,22H,2,4,6-8,10-12H2,(H,20,23). The minimum absolute atomic E-state index is 0.0501. The topological polar surface area (TPSA) is 52.6 Å². The van der Waals surface area contributed by atoms with Gasteiger partial charge < -0.3 is 10.4 Å². The van der Waals surface area contributed by atoms with E-state index >= 15 is 0 Å². The zero-order valence-corrected chi connectivity index (χ0v) is 14.1. The zero-order valence-electron chi connectivity index (χ0n) is 13.4. The molecule has 0 spiro atoms. The summed E-state index contributed by atoms with van der Waals surface area (Å²) in [5, 5.41) is 14.1. The summed E-state index contributed by atoms with van der Waals surface area (Å²) in [6.07, 6.45) is 3.89. The van der Waals surface area contributed by atoms with Gasteiger partial charge in [0.2, 0.25) is 5.91 Å². The molecule has 3 rings (SSSR count). The second-order valence-electron chi connectivity index (χ2n) is 6.86. The molecule has 5 heteroatoms. The van der Waals surface area contributed by atoms with Crippen LogP contribution in [0, 0.1) is 11.8 Å². The molecule has 1 saturated heterocycles. The van der Waals surface area contributed by atoms with E-state index < -0.39 is 6.10 Å². The van der Waals surface area contributed by atoms with Gasteiger partial charge in [-0.1, -0.05) is 23.7 Å². The van der Waals surface area contributed by atoms with Crippen molar-refractivity contribution in [1.82, 2.24) is 10.2 Å². The van der Waals surface area contributed by atoms with E-state index in [1.807, 2.05) is 12.1 Å². The number of nitrogens with zero attached hydrogens (tertiary/aromatic N) is 1. The van der Waals surface area contributed by atoms with Crippen molar-refractivity contribution in [1.29, 1.82) is 0 Å². The quantitative estimate of drug-likeness (QED) is 0.839. The van der Waals surface area contributed by atoms with Gasteiger partial charge in [-0.3, -0.25) is 9.69 Å². The number of aliphatic hydroxyl groups excluding tert-OH is 1. The minimum atomic E-state index is -0.568. The van der Waals surface area contributed by atoms with Crippen LogP contribution >= 0.6 is 11.6 Å². The number of likely N-dealkylation sites (tertiary alicyclic amines) is 1. The highest BCUT2D eigenvalue weighted by atomic mass is 35.5. The van der Waals surface area contributed by atoms with E-state index in [0.29, 0.717) is 17.5 Å². The molecule has 0 aromatic heterocycles. The van der Waals surface area contributed by atoms with Crippen molar-refractivity contribution in [2.75, 3.05) is 26.2 Å². The molecule has 1 aliphatic carbocycles. The molecular weight excluding hydrogens is 312 g/mol. The summed E-state index contributed by atoms with van der Waals surface area (Å²) in [7, 11) is 0. The number of carbonyl (C=O) groups excluding carboxylic acids is 1. The monoisotopic (exact) mass is 336 g/mol. The maximum absolute atomic E-state index is 12.3. The molecule has 126 valence electrons. The van der Waals surface area contributed by atoms with Gasteiger partial charge in [0.15, 0.2) is 0 Å². The Labute approximate surface area is 142 Å². The fraction of sp³-hybridized carbons (Fsp3) is 0.611. The van der Waals surface area contributed by atoms with Crippen LogP contribution in [0.5, 0.6) is 0 Å². The van der Waals surface area contributed by atoms with Crippen LogP contribution in [0.4, 0.5) is 0 Å². The number of aliphatic hydroxyl groups is 1. The number of nitrogens with one attached hydrogen (secondary N) is 1. The molecule has 23 heavy (non-hydrogen) atoms. The Morgan fingerprint density at radius 1 is 1.39 bits per heavy atom. The number of benzene rings is 1. The molecule has 2 aliphatic rings. The molecule has 0 bridgehead atoms. The Bertz CT molecular complexity index is 548. The molecule has 1 aliphatic heterocycles. The van der Waals surface area contributed by atoms with Gasteiger partial charge >= 0.3 is 0 Å². The highest BCUT2D eigenvalue weighted by molar-refractivity contribution is 6.30. The van der Waals surface area contributed by atoms with Gasteiger partial charge in [-0.05, 0) is 55.8 Å². The molecule has 1 saturated carbocycles. The van der Waals surface area contributed by atoms with Crippen LogP contribution in [-0.4, -0.2) is 42.1 Å². The number of piperidine rings is 1. The van der Waals surface area contributed by atoms with E-state index in [1.54, 1.807) is 12.1 Å². The Morgan fingerprint density at radius 2 is 2.22 bits per heavy atom. The Balaban J connectivity index is 1.50. The first-order valence-electron chi connectivity index (χ1n) is 8.55. The highest BCUT2D eigenvalue weighted by Gasteiger charge is 2.28.